The molecule has 1 aromatic rings. The van der Waals surface area contributed by atoms with Gasteiger partial charge < -0.3 is 15.4 Å². The Balaban J connectivity index is 2.04. The van der Waals surface area contributed by atoms with E-state index in [0.717, 1.165) is 18.7 Å². The fourth-order valence-electron chi connectivity index (χ4n) is 1.87. The number of hydrogen-bond acceptors (Lipinski definition) is 7. The third-order valence-electron chi connectivity index (χ3n) is 2.82. The molecule has 1 aliphatic rings. The number of rotatable bonds is 6. The van der Waals surface area contributed by atoms with E-state index in [0.29, 0.717) is 23.9 Å². The molecule has 1 aliphatic heterocycles. The normalized spacial score (nSPS) is 18.9. The van der Waals surface area contributed by atoms with Crippen LogP contribution in [-0.4, -0.2) is 46.2 Å². The van der Waals surface area contributed by atoms with Crippen molar-refractivity contribution in [1.82, 2.24) is 15.0 Å². The average Bonchev–Trinajstić information content (AvgIpc) is 2.46. The van der Waals surface area contributed by atoms with Crippen LogP contribution in [0.2, 0.25) is 0 Å². The third-order valence-corrected chi connectivity index (χ3v) is 4.04. The van der Waals surface area contributed by atoms with Crippen molar-refractivity contribution in [2.75, 3.05) is 35.8 Å². The molecule has 1 saturated heterocycles. The second kappa shape index (κ2) is 7.37. The molecule has 2 N–H and O–H groups in total. The molecule has 1 atom stereocenters. The van der Waals surface area contributed by atoms with E-state index in [-0.39, 0.29) is 0 Å². The van der Waals surface area contributed by atoms with Crippen LogP contribution in [0.1, 0.15) is 26.2 Å². The zero-order chi connectivity index (χ0) is 13.5. The van der Waals surface area contributed by atoms with Crippen LogP contribution in [0.25, 0.3) is 0 Å². The maximum atomic E-state index is 5.12. The van der Waals surface area contributed by atoms with Crippen LogP contribution in [0.3, 0.4) is 0 Å². The Bertz CT molecular complexity index is 398. The van der Waals surface area contributed by atoms with Crippen molar-refractivity contribution in [2.45, 2.75) is 32.2 Å². The molecular formula is C12H21N5OS. The number of methoxy groups -OCH3 is 1. The quantitative estimate of drug-likeness (QED) is 0.827. The summed E-state index contributed by atoms with van der Waals surface area (Å²) in [6.45, 7) is 2.94. The molecule has 0 spiro atoms. The summed E-state index contributed by atoms with van der Waals surface area (Å²) in [5.74, 6) is 3.52. The summed E-state index contributed by atoms with van der Waals surface area (Å²) in [5, 5.41) is 6.53. The summed E-state index contributed by atoms with van der Waals surface area (Å²) in [6, 6.07) is 0.782. The van der Waals surface area contributed by atoms with Gasteiger partial charge in [-0.05, 0) is 25.0 Å². The van der Waals surface area contributed by atoms with Gasteiger partial charge in [-0.15, -0.1) is 0 Å². The standard InChI is InChI=1S/C12H21N5OS/c1-3-6-13-10-15-11(17-12(16-10)18-2)14-9-5-4-7-19-8-9/h9H,3-8H2,1-2H3,(H2,13,14,15,16,17). The maximum Gasteiger partial charge on any atom is 0.322 e. The zero-order valence-corrected chi connectivity index (χ0v) is 12.3. The molecule has 0 aromatic carbocycles. The van der Waals surface area contributed by atoms with Gasteiger partial charge in [0.1, 0.15) is 0 Å². The molecule has 0 radical (unpaired) electrons. The molecule has 0 bridgehead atoms. The highest BCUT2D eigenvalue weighted by molar-refractivity contribution is 7.99. The molecule has 106 valence electrons. The predicted molar refractivity (Wildman–Crippen MR) is 79.1 cm³/mol. The van der Waals surface area contributed by atoms with Crippen molar-refractivity contribution in [3.05, 3.63) is 0 Å². The summed E-state index contributed by atoms with van der Waals surface area (Å²) in [4.78, 5) is 12.8. The Labute approximate surface area is 118 Å². The number of nitrogens with one attached hydrogen (secondary N) is 2. The first-order valence-corrected chi connectivity index (χ1v) is 7.85. The molecule has 1 unspecified atom stereocenters. The molecule has 1 aromatic heterocycles. The van der Waals surface area contributed by atoms with E-state index in [9.17, 15) is 0 Å². The molecule has 19 heavy (non-hydrogen) atoms. The van der Waals surface area contributed by atoms with Gasteiger partial charge in [0.2, 0.25) is 11.9 Å². The minimum Gasteiger partial charge on any atom is -0.467 e. The average molecular weight is 283 g/mol. The van der Waals surface area contributed by atoms with E-state index in [4.69, 9.17) is 4.74 Å². The summed E-state index contributed by atoms with van der Waals surface area (Å²) >= 11 is 1.97. The third kappa shape index (κ3) is 4.41. The minimum atomic E-state index is 0.347. The van der Waals surface area contributed by atoms with Crippen molar-refractivity contribution >= 4 is 23.7 Å². The molecular weight excluding hydrogens is 262 g/mol. The minimum absolute atomic E-state index is 0.347. The van der Waals surface area contributed by atoms with Gasteiger partial charge in [-0.3, -0.25) is 0 Å². The maximum absolute atomic E-state index is 5.12. The number of hydrogen-bond donors (Lipinski definition) is 2. The molecule has 0 saturated carbocycles. The lowest BCUT2D eigenvalue weighted by Crippen LogP contribution is -2.27. The highest BCUT2D eigenvalue weighted by atomic mass is 32.2. The molecule has 0 amide bonds. The van der Waals surface area contributed by atoms with Crippen LogP contribution in [0.4, 0.5) is 11.9 Å². The molecule has 0 aliphatic carbocycles. The lowest BCUT2D eigenvalue weighted by atomic mass is 10.2. The Morgan fingerprint density at radius 2 is 2.16 bits per heavy atom. The van der Waals surface area contributed by atoms with Gasteiger partial charge in [0.15, 0.2) is 0 Å². The van der Waals surface area contributed by atoms with E-state index in [1.54, 1.807) is 7.11 Å². The first-order valence-electron chi connectivity index (χ1n) is 6.70. The van der Waals surface area contributed by atoms with E-state index in [2.05, 4.69) is 32.5 Å². The fourth-order valence-corrected chi connectivity index (χ4v) is 2.94. The molecule has 1 fully saturated rings. The van der Waals surface area contributed by atoms with Crippen LogP contribution >= 0.6 is 11.8 Å². The van der Waals surface area contributed by atoms with Crippen LogP contribution in [-0.2, 0) is 0 Å². The molecule has 7 heteroatoms. The van der Waals surface area contributed by atoms with Gasteiger partial charge in [0.25, 0.3) is 0 Å². The Morgan fingerprint density at radius 3 is 2.84 bits per heavy atom. The number of ether oxygens (including phenoxy) is 1. The van der Waals surface area contributed by atoms with Gasteiger partial charge >= 0.3 is 6.01 Å². The fraction of sp³-hybridized carbons (Fsp3) is 0.750. The smallest absolute Gasteiger partial charge is 0.322 e. The number of aromatic nitrogens is 3. The lowest BCUT2D eigenvalue weighted by Gasteiger charge is -2.22. The van der Waals surface area contributed by atoms with Crippen molar-refractivity contribution < 1.29 is 4.74 Å². The van der Waals surface area contributed by atoms with E-state index >= 15 is 0 Å². The first-order chi connectivity index (χ1) is 9.31. The summed E-state index contributed by atoms with van der Waals surface area (Å²) < 4.78 is 5.12. The van der Waals surface area contributed by atoms with Gasteiger partial charge in [0.05, 0.1) is 7.11 Å². The van der Waals surface area contributed by atoms with Crippen molar-refractivity contribution in [1.29, 1.82) is 0 Å². The van der Waals surface area contributed by atoms with Crippen LogP contribution < -0.4 is 15.4 Å². The number of anilines is 2. The highest BCUT2D eigenvalue weighted by Crippen LogP contribution is 2.20. The Morgan fingerprint density at radius 1 is 1.32 bits per heavy atom. The Hall–Kier alpha value is -1.24. The Kier molecular flexibility index (Phi) is 5.50. The summed E-state index contributed by atoms with van der Waals surface area (Å²) in [5.41, 5.74) is 0. The van der Waals surface area contributed by atoms with Gasteiger partial charge in [-0.25, -0.2) is 0 Å². The second-order valence-corrected chi connectivity index (χ2v) is 5.60. The van der Waals surface area contributed by atoms with Gasteiger partial charge in [-0.1, -0.05) is 6.92 Å². The monoisotopic (exact) mass is 283 g/mol. The number of nitrogens with zero attached hydrogens (tertiary/aromatic N) is 3. The largest absolute Gasteiger partial charge is 0.467 e. The van der Waals surface area contributed by atoms with Crippen molar-refractivity contribution in [3.8, 4) is 6.01 Å². The molecule has 2 heterocycles. The molecule has 2 rings (SSSR count). The van der Waals surface area contributed by atoms with Crippen LogP contribution in [0.15, 0.2) is 0 Å². The van der Waals surface area contributed by atoms with Crippen molar-refractivity contribution in [3.63, 3.8) is 0 Å². The predicted octanol–water partition coefficient (Wildman–Crippen LogP) is 2.01. The first kappa shape index (κ1) is 14.2. The van der Waals surface area contributed by atoms with Gasteiger partial charge in [0, 0.05) is 18.3 Å². The van der Waals surface area contributed by atoms with Crippen LogP contribution in [0, 0.1) is 0 Å². The summed E-state index contributed by atoms with van der Waals surface area (Å²) in [6.07, 6.45) is 3.43. The SMILES string of the molecule is CCCNc1nc(NC2CCCSC2)nc(OC)n1. The van der Waals surface area contributed by atoms with Crippen molar-refractivity contribution in [2.24, 2.45) is 0 Å². The number of thioether (sulfide) groups is 1. The van der Waals surface area contributed by atoms with E-state index < -0.39 is 0 Å². The summed E-state index contributed by atoms with van der Waals surface area (Å²) in [7, 11) is 1.57. The van der Waals surface area contributed by atoms with E-state index in [1.165, 1.54) is 18.6 Å². The topological polar surface area (TPSA) is 72.0 Å². The van der Waals surface area contributed by atoms with E-state index in [1.807, 2.05) is 11.8 Å². The zero-order valence-electron chi connectivity index (χ0n) is 11.5. The van der Waals surface area contributed by atoms with Crippen LogP contribution in [0.5, 0.6) is 6.01 Å². The molecule has 6 nitrogen and oxygen atoms in total. The highest BCUT2D eigenvalue weighted by Gasteiger charge is 2.15. The lowest BCUT2D eigenvalue weighted by molar-refractivity contribution is 0.379. The van der Waals surface area contributed by atoms with Gasteiger partial charge in [-0.2, -0.15) is 26.7 Å². The second-order valence-electron chi connectivity index (χ2n) is 4.45.